The van der Waals surface area contributed by atoms with Crippen molar-refractivity contribution in [2.75, 3.05) is 0 Å². The molecule has 0 aliphatic heterocycles. The first-order valence-corrected chi connectivity index (χ1v) is 8.74. The van der Waals surface area contributed by atoms with Crippen molar-refractivity contribution in [1.82, 2.24) is 9.78 Å². The summed E-state index contributed by atoms with van der Waals surface area (Å²) in [5, 5.41) is 5.65. The number of aryl methyl sites for hydroxylation is 2. The molecule has 20 heavy (non-hydrogen) atoms. The van der Waals surface area contributed by atoms with Gasteiger partial charge in [-0.3, -0.25) is 4.68 Å². The zero-order valence-corrected chi connectivity index (χ0v) is 14.3. The quantitative estimate of drug-likeness (QED) is 0.680. The fraction of sp³-hybridized carbons (Fsp3) is 0.812. The molecular formula is C16H26Cl2N2. The molecule has 0 bridgehead atoms. The summed E-state index contributed by atoms with van der Waals surface area (Å²) in [7, 11) is 0. The van der Waals surface area contributed by atoms with Gasteiger partial charge in [-0.15, -0.1) is 11.6 Å². The van der Waals surface area contributed by atoms with E-state index in [9.17, 15) is 0 Å². The zero-order chi connectivity index (χ0) is 14.7. The lowest BCUT2D eigenvalue weighted by Crippen LogP contribution is -2.28. The minimum Gasteiger partial charge on any atom is -0.268 e. The zero-order valence-electron chi connectivity index (χ0n) is 12.8. The number of nitrogens with zero attached hydrogens (tertiary/aromatic N) is 2. The first-order chi connectivity index (χ1) is 9.56. The summed E-state index contributed by atoms with van der Waals surface area (Å²) in [6, 6.07) is 0. The lowest BCUT2D eigenvalue weighted by molar-refractivity contribution is 0.254. The average Bonchev–Trinajstić information content (AvgIpc) is 2.70. The van der Waals surface area contributed by atoms with Crippen molar-refractivity contribution in [1.29, 1.82) is 0 Å². The maximum Gasteiger partial charge on any atom is 0.0847 e. The van der Waals surface area contributed by atoms with E-state index in [-0.39, 0.29) is 0 Å². The molecule has 0 amide bonds. The second kappa shape index (κ2) is 7.17. The monoisotopic (exact) mass is 316 g/mol. The van der Waals surface area contributed by atoms with Crippen LogP contribution in [0, 0.1) is 18.8 Å². The highest BCUT2D eigenvalue weighted by molar-refractivity contribution is 6.31. The number of aromatic nitrogens is 2. The number of rotatable bonds is 5. The second-order valence-corrected chi connectivity index (χ2v) is 7.05. The third kappa shape index (κ3) is 3.51. The van der Waals surface area contributed by atoms with Gasteiger partial charge >= 0.3 is 0 Å². The lowest BCUT2D eigenvalue weighted by atomic mass is 9.77. The molecule has 0 spiro atoms. The van der Waals surface area contributed by atoms with Crippen LogP contribution in [0.2, 0.25) is 5.02 Å². The molecule has 0 N–H and O–H groups in total. The van der Waals surface area contributed by atoms with Crippen molar-refractivity contribution in [3.63, 3.8) is 0 Å². The smallest absolute Gasteiger partial charge is 0.0847 e. The normalized spacial score (nSPS) is 26.9. The van der Waals surface area contributed by atoms with E-state index in [0.717, 1.165) is 36.0 Å². The van der Waals surface area contributed by atoms with Crippen LogP contribution in [0.5, 0.6) is 0 Å². The molecule has 0 radical (unpaired) electrons. The van der Waals surface area contributed by atoms with Gasteiger partial charge in [0, 0.05) is 11.9 Å². The van der Waals surface area contributed by atoms with Crippen LogP contribution in [-0.4, -0.2) is 15.2 Å². The van der Waals surface area contributed by atoms with Gasteiger partial charge in [-0.25, -0.2) is 0 Å². The first kappa shape index (κ1) is 16.2. The van der Waals surface area contributed by atoms with Crippen LogP contribution in [0.4, 0.5) is 0 Å². The molecule has 3 atom stereocenters. The fourth-order valence-corrected chi connectivity index (χ4v) is 4.05. The molecule has 1 aromatic rings. The van der Waals surface area contributed by atoms with E-state index in [1.165, 1.54) is 31.4 Å². The van der Waals surface area contributed by atoms with E-state index < -0.39 is 0 Å². The molecule has 0 saturated heterocycles. The van der Waals surface area contributed by atoms with Crippen LogP contribution in [-0.2, 0) is 13.0 Å². The number of hydrogen-bond acceptors (Lipinski definition) is 1. The summed E-state index contributed by atoms with van der Waals surface area (Å²) in [6.07, 6.45) is 7.26. The molecule has 3 unspecified atom stereocenters. The fourth-order valence-electron chi connectivity index (χ4n) is 3.52. The maximum atomic E-state index is 6.58. The number of halogens is 2. The minimum atomic E-state index is 0.291. The minimum absolute atomic E-state index is 0.291. The standard InChI is InChI=1S/C16H26Cl2N2/c1-4-6-12-7-8-14(17)13(9-12)10-15-16(18)11(3)19-20(15)5-2/h12-14H,4-10H2,1-3H3. The molecular weight excluding hydrogens is 291 g/mol. The van der Waals surface area contributed by atoms with Gasteiger partial charge in [0.05, 0.1) is 16.4 Å². The Morgan fingerprint density at radius 2 is 2.05 bits per heavy atom. The Kier molecular flexibility index (Phi) is 5.80. The molecule has 114 valence electrons. The molecule has 1 saturated carbocycles. The summed E-state index contributed by atoms with van der Waals surface area (Å²) < 4.78 is 2.05. The molecule has 1 heterocycles. The first-order valence-electron chi connectivity index (χ1n) is 7.92. The molecule has 4 heteroatoms. The Morgan fingerprint density at radius 1 is 1.30 bits per heavy atom. The Balaban J connectivity index is 2.11. The topological polar surface area (TPSA) is 17.8 Å². The third-order valence-corrected chi connectivity index (χ3v) is 5.67. The molecule has 1 aliphatic rings. The van der Waals surface area contributed by atoms with Crippen LogP contribution in [0.1, 0.15) is 57.3 Å². The van der Waals surface area contributed by atoms with E-state index in [1.54, 1.807) is 0 Å². The van der Waals surface area contributed by atoms with Crippen molar-refractivity contribution in [3.8, 4) is 0 Å². The van der Waals surface area contributed by atoms with Crippen LogP contribution in [0.3, 0.4) is 0 Å². The Morgan fingerprint density at radius 3 is 2.70 bits per heavy atom. The van der Waals surface area contributed by atoms with Gasteiger partial charge < -0.3 is 0 Å². The predicted molar refractivity (Wildman–Crippen MR) is 86.7 cm³/mol. The second-order valence-electron chi connectivity index (χ2n) is 6.11. The van der Waals surface area contributed by atoms with E-state index in [2.05, 4.69) is 18.9 Å². The van der Waals surface area contributed by atoms with Gasteiger partial charge in [0.2, 0.25) is 0 Å². The van der Waals surface area contributed by atoms with Crippen molar-refractivity contribution in [3.05, 3.63) is 16.4 Å². The van der Waals surface area contributed by atoms with E-state index in [1.807, 2.05) is 11.6 Å². The summed E-state index contributed by atoms with van der Waals surface area (Å²) in [4.78, 5) is 0. The summed E-state index contributed by atoms with van der Waals surface area (Å²) in [5.74, 6) is 1.39. The molecule has 2 rings (SSSR count). The Labute approximate surface area is 132 Å². The van der Waals surface area contributed by atoms with Crippen molar-refractivity contribution in [2.45, 2.75) is 71.2 Å². The van der Waals surface area contributed by atoms with Crippen molar-refractivity contribution in [2.24, 2.45) is 11.8 Å². The summed E-state index contributed by atoms with van der Waals surface area (Å²) in [6.45, 7) is 7.25. The molecule has 1 aromatic heterocycles. The number of hydrogen-bond donors (Lipinski definition) is 0. The molecule has 2 nitrogen and oxygen atoms in total. The van der Waals surface area contributed by atoms with Gasteiger partial charge in [-0.2, -0.15) is 5.10 Å². The van der Waals surface area contributed by atoms with Crippen LogP contribution in [0.25, 0.3) is 0 Å². The van der Waals surface area contributed by atoms with Gasteiger partial charge in [0.25, 0.3) is 0 Å². The SMILES string of the molecule is CCCC1CCC(Cl)C(Cc2c(Cl)c(C)nn2CC)C1. The third-order valence-electron chi connectivity index (χ3n) is 4.60. The van der Waals surface area contributed by atoms with Gasteiger partial charge in [-0.05, 0) is 51.4 Å². The van der Waals surface area contributed by atoms with Crippen LogP contribution >= 0.6 is 23.2 Å². The van der Waals surface area contributed by atoms with Crippen LogP contribution < -0.4 is 0 Å². The van der Waals surface area contributed by atoms with E-state index in [4.69, 9.17) is 23.2 Å². The predicted octanol–water partition coefficient (Wildman–Crippen LogP) is 5.23. The Hall–Kier alpha value is -0.210. The average molecular weight is 317 g/mol. The molecule has 1 aliphatic carbocycles. The summed E-state index contributed by atoms with van der Waals surface area (Å²) in [5.41, 5.74) is 2.12. The van der Waals surface area contributed by atoms with Crippen LogP contribution in [0.15, 0.2) is 0 Å². The lowest BCUT2D eigenvalue weighted by Gasteiger charge is -2.33. The highest BCUT2D eigenvalue weighted by Gasteiger charge is 2.30. The van der Waals surface area contributed by atoms with Crippen molar-refractivity contribution >= 4 is 23.2 Å². The highest BCUT2D eigenvalue weighted by atomic mass is 35.5. The van der Waals surface area contributed by atoms with Gasteiger partial charge in [0.15, 0.2) is 0 Å². The van der Waals surface area contributed by atoms with Gasteiger partial charge in [0.1, 0.15) is 0 Å². The largest absolute Gasteiger partial charge is 0.268 e. The highest BCUT2D eigenvalue weighted by Crippen LogP contribution is 2.38. The summed E-state index contributed by atoms with van der Waals surface area (Å²) >= 11 is 13.0. The molecule has 1 fully saturated rings. The Bertz CT molecular complexity index is 442. The van der Waals surface area contributed by atoms with Gasteiger partial charge in [-0.1, -0.05) is 31.4 Å². The number of alkyl halides is 1. The van der Waals surface area contributed by atoms with E-state index >= 15 is 0 Å². The maximum absolute atomic E-state index is 6.58. The van der Waals surface area contributed by atoms with E-state index in [0.29, 0.717) is 11.3 Å². The van der Waals surface area contributed by atoms with Crippen molar-refractivity contribution < 1.29 is 0 Å². The molecule has 0 aromatic carbocycles.